The molecule has 0 bridgehead atoms. The smallest absolute Gasteiger partial charge is 0.377 e. The summed E-state index contributed by atoms with van der Waals surface area (Å²) in [6, 6.07) is 0. The van der Waals surface area contributed by atoms with Gasteiger partial charge in [-0.2, -0.15) is 13.2 Å². The number of halogens is 3. The van der Waals surface area contributed by atoms with Crippen molar-refractivity contribution in [1.29, 1.82) is 0 Å². The van der Waals surface area contributed by atoms with Gasteiger partial charge in [0.15, 0.2) is 5.79 Å². The first-order valence-corrected chi connectivity index (χ1v) is 5.73. The minimum atomic E-state index is -4.75. The average molecular weight is 256 g/mol. The Morgan fingerprint density at radius 2 is 1.94 bits per heavy atom. The van der Waals surface area contributed by atoms with Crippen LogP contribution in [0.5, 0.6) is 0 Å². The fourth-order valence-electron chi connectivity index (χ4n) is 1.80. The van der Waals surface area contributed by atoms with Gasteiger partial charge in [0.25, 0.3) is 0 Å². The van der Waals surface area contributed by atoms with Gasteiger partial charge in [-0.1, -0.05) is 19.8 Å². The van der Waals surface area contributed by atoms with E-state index in [0.717, 1.165) is 6.42 Å². The first kappa shape index (κ1) is 14.7. The number of ether oxygens (including phenoxy) is 2. The monoisotopic (exact) mass is 256 g/mol. The molecular weight excluding hydrogens is 237 g/mol. The van der Waals surface area contributed by atoms with Gasteiger partial charge in [0, 0.05) is 0 Å². The van der Waals surface area contributed by atoms with Crippen LogP contribution in [-0.4, -0.2) is 35.4 Å². The molecule has 3 nitrogen and oxygen atoms in total. The van der Waals surface area contributed by atoms with Crippen molar-refractivity contribution in [3.63, 3.8) is 0 Å². The number of hydrogen-bond donors (Lipinski definition) is 1. The minimum absolute atomic E-state index is 0.166. The highest BCUT2D eigenvalue weighted by atomic mass is 19.4. The summed E-state index contributed by atoms with van der Waals surface area (Å²) in [6.07, 6.45) is -4.54. The lowest BCUT2D eigenvalue weighted by Crippen LogP contribution is -2.64. The highest BCUT2D eigenvalue weighted by Crippen LogP contribution is 2.42. The maximum absolute atomic E-state index is 12.8. The van der Waals surface area contributed by atoms with E-state index in [1.807, 2.05) is 6.92 Å². The standard InChI is InChI=1S/C11H19F3O3/c1-4-5-6-8-10(15,11(12,13)14)7-16-9(2,3)17-8/h8,15H,4-7H2,1-3H3/t8-,10-/m0/s1. The largest absolute Gasteiger partial charge is 0.422 e. The normalized spacial score (nSPS) is 33.7. The lowest BCUT2D eigenvalue weighted by Gasteiger charge is -2.46. The summed E-state index contributed by atoms with van der Waals surface area (Å²) in [4.78, 5) is 0. The Hall–Kier alpha value is -0.330. The molecule has 1 heterocycles. The zero-order chi connectivity index (χ0) is 13.3. The predicted octanol–water partition coefficient (Wildman–Crippen LogP) is 2.62. The van der Waals surface area contributed by atoms with Gasteiger partial charge in [-0.15, -0.1) is 0 Å². The van der Waals surface area contributed by atoms with Crippen molar-refractivity contribution in [3.8, 4) is 0 Å². The third kappa shape index (κ3) is 3.11. The van der Waals surface area contributed by atoms with E-state index in [1.54, 1.807) is 13.8 Å². The molecule has 6 heteroatoms. The van der Waals surface area contributed by atoms with Gasteiger partial charge in [-0.05, 0) is 20.3 Å². The van der Waals surface area contributed by atoms with E-state index >= 15 is 0 Å². The summed E-state index contributed by atoms with van der Waals surface area (Å²) in [6.45, 7) is 4.18. The number of hydrogen-bond acceptors (Lipinski definition) is 3. The van der Waals surface area contributed by atoms with Crippen LogP contribution >= 0.6 is 0 Å². The molecule has 1 N–H and O–H groups in total. The molecule has 1 aliphatic heterocycles. The van der Waals surface area contributed by atoms with E-state index in [-0.39, 0.29) is 6.42 Å². The Morgan fingerprint density at radius 3 is 2.41 bits per heavy atom. The zero-order valence-electron chi connectivity index (χ0n) is 10.3. The Morgan fingerprint density at radius 1 is 1.35 bits per heavy atom. The lowest BCUT2D eigenvalue weighted by atomic mass is 9.91. The topological polar surface area (TPSA) is 38.7 Å². The van der Waals surface area contributed by atoms with Gasteiger partial charge in [0.2, 0.25) is 5.60 Å². The fourth-order valence-corrected chi connectivity index (χ4v) is 1.80. The van der Waals surface area contributed by atoms with Gasteiger partial charge in [-0.25, -0.2) is 0 Å². The molecule has 1 rings (SSSR count). The van der Waals surface area contributed by atoms with Gasteiger partial charge >= 0.3 is 6.18 Å². The van der Waals surface area contributed by atoms with Crippen LogP contribution in [0.25, 0.3) is 0 Å². The second-order valence-electron chi connectivity index (χ2n) is 4.86. The summed E-state index contributed by atoms with van der Waals surface area (Å²) >= 11 is 0. The zero-order valence-corrected chi connectivity index (χ0v) is 10.3. The maximum atomic E-state index is 12.8. The molecule has 0 unspecified atom stereocenters. The molecule has 0 saturated carbocycles. The average Bonchev–Trinajstić information content (AvgIpc) is 2.18. The van der Waals surface area contributed by atoms with Gasteiger partial charge in [0.05, 0.1) is 6.61 Å². The van der Waals surface area contributed by atoms with Gasteiger partial charge in [-0.3, -0.25) is 0 Å². The van der Waals surface area contributed by atoms with Crippen molar-refractivity contribution < 1.29 is 27.8 Å². The Bertz CT molecular complexity index is 265. The summed E-state index contributed by atoms with van der Waals surface area (Å²) in [7, 11) is 0. The van der Waals surface area contributed by atoms with Crippen LogP contribution in [0.4, 0.5) is 13.2 Å². The molecule has 2 atom stereocenters. The second kappa shape index (κ2) is 4.74. The van der Waals surface area contributed by atoms with Crippen molar-refractivity contribution in [1.82, 2.24) is 0 Å². The van der Waals surface area contributed by atoms with Crippen molar-refractivity contribution in [3.05, 3.63) is 0 Å². The molecule has 0 aromatic carbocycles. The van der Waals surface area contributed by atoms with E-state index in [2.05, 4.69) is 0 Å². The van der Waals surface area contributed by atoms with Crippen molar-refractivity contribution in [2.75, 3.05) is 6.61 Å². The fraction of sp³-hybridized carbons (Fsp3) is 1.00. The molecule has 0 aromatic rings. The van der Waals surface area contributed by atoms with Gasteiger partial charge in [0.1, 0.15) is 6.10 Å². The molecule has 1 aliphatic rings. The lowest BCUT2D eigenvalue weighted by molar-refractivity contribution is -0.394. The summed E-state index contributed by atoms with van der Waals surface area (Å²) < 4.78 is 48.7. The quantitative estimate of drug-likeness (QED) is 0.843. The Kier molecular flexibility index (Phi) is 4.11. The first-order chi connectivity index (χ1) is 7.62. The second-order valence-corrected chi connectivity index (χ2v) is 4.86. The predicted molar refractivity (Wildman–Crippen MR) is 55.4 cm³/mol. The van der Waals surface area contributed by atoms with Crippen LogP contribution in [0.1, 0.15) is 40.0 Å². The van der Waals surface area contributed by atoms with Crippen molar-refractivity contribution >= 4 is 0 Å². The number of unbranched alkanes of at least 4 members (excludes halogenated alkanes) is 1. The van der Waals surface area contributed by atoms with Crippen LogP contribution in [0, 0.1) is 0 Å². The number of rotatable bonds is 3. The first-order valence-electron chi connectivity index (χ1n) is 5.73. The molecule has 0 radical (unpaired) electrons. The highest BCUT2D eigenvalue weighted by molar-refractivity contribution is 4.97. The van der Waals surface area contributed by atoms with E-state index in [0.29, 0.717) is 6.42 Å². The molecule has 0 amide bonds. The third-order valence-electron chi connectivity index (χ3n) is 2.91. The molecule has 1 saturated heterocycles. The van der Waals surface area contributed by atoms with E-state index in [1.165, 1.54) is 0 Å². The van der Waals surface area contributed by atoms with Crippen LogP contribution in [0.15, 0.2) is 0 Å². The summed E-state index contributed by atoms with van der Waals surface area (Å²) in [5.74, 6) is -1.09. The summed E-state index contributed by atoms with van der Waals surface area (Å²) in [5.41, 5.74) is -2.91. The molecular formula is C11H19F3O3. The molecule has 1 fully saturated rings. The van der Waals surface area contributed by atoms with E-state index < -0.39 is 30.3 Å². The van der Waals surface area contributed by atoms with E-state index in [4.69, 9.17) is 9.47 Å². The van der Waals surface area contributed by atoms with Crippen LogP contribution in [0.3, 0.4) is 0 Å². The molecule has 0 aromatic heterocycles. The minimum Gasteiger partial charge on any atom is -0.377 e. The van der Waals surface area contributed by atoms with Crippen LogP contribution in [-0.2, 0) is 9.47 Å². The maximum Gasteiger partial charge on any atom is 0.422 e. The highest BCUT2D eigenvalue weighted by Gasteiger charge is 2.62. The van der Waals surface area contributed by atoms with Crippen LogP contribution < -0.4 is 0 Å². The van der Waals surface area contributed by atoms with Crippen molar-refractivity contribution in [2.45, 2.75) is 63.7 Å². The summed E-state index contributed by atoms with van der Waals surface area (Å²) in [5, 5.41) is 9.75. The van der Waals surface area contributed by atoms with Crippen molar-refractivity contribution in [2.24, 2.45) is 0 Å². The SMILES string of the molecule is CCCC[C@@H]1OC(C)(C)OC[C@@]1(O)C(F)(F)F. The third-order valence-corrected chi connectivity index (χ3v) is 2.91. The van der Waals surface area contributed by atoms with E-state index in [9.17, 15) is 18.3 Å². The molecule has 17 heavy (non-hydrogen) atoms. The molecule has 102 valence electrons. The van der Waals surface area contributed by atoms with Gasteiger partial charge < -0.3 is 14.6 Å². The number of aliphatic hydroxyl groups is 1. The Labute approximate surface area is 98.9 Å². The van der Waals surface area contributed by atoms with Crippen LogP contribution in [0.2, 0.25) is 0 Å². The number of alkyl halides is 3. The molecule has 0 aliphatic carbocycles. The molecule has 0 spiro atoms. The Balaban J connectivity index is 2.88.